The van der Waals surface area contributed by atoms with Gasteiger partial charge in [0.1, 0.15) is 17.2 Å². The summed E-state index contributed by atoms with van der Waals surface area (Å²) in [6.07, 6.45) is 2.66. The van der Waals surface area contributed by atoms with Crippen molar-refractivity contribution in [3.8, 4) is 0 Å². The molecule has 0 atom stereocenters. The molecule has 0 aliphatic rings. The number of hydrogen-bond donors (Lipinski definition) is 1. The molecule has 0 saturated heterocycles. The van der Waals surface area contributed by atoms with Crippen molar-refractivity contribution in [3.63, 3.8) is 0 Å². The number of imidazole rings is 1. The summed E-state index contributed by atoms with van der Waals surface area (Å²) in [7, 11) is 0. The van der Waals surface area contributed by atoms with Crippen molar-refractivity contribution in [1.82, 2.24) is 9.38 Å². The highest BCUT2D eigenvalue weighted by Crippen LogP contribution is 2.18. The molecule has 1 N–H and O–H groups in total. The van der Waals surface area contributed by atoms with Gasteiger partial charge in [0, 0.05) is 11.9 Å². The van der Waals surface area contributed by atoms with E-state index in [1.54, 1.807) is 37.3 Å². The van der Waals surface area contributed by atoms with Crippen LogP contribution in [-0.2, 0) is 11.2 Å². The number of rotatable bonds is 6. The lowest BCUT2D eigenvalue weighted by molar-refractivity contribution is 0.0526. The topological polar surface area (TPSA) is 72.7 Å². The van der Waals surface area contributed by atoms with Gasteiger partial charge in [0.25, 0.3) is 5.91 Å². The number of halogens is 1. The highest BCUT2D eigenvalue weighted by atomic mass is 19.1. The first-order valence-electron chi connectivity index (χ1n) is 8.78. The van der Waals surface area contributed by atoms with Gasteiger partial charge in [-0.05, 0) is 49.7 Å². The number of fused-ring (bicyclic) bond motifs is 1. The van der Waals surface area contributed by atoms with Crippen molar-refractivity contribution in [2.75, 3.05) is 11.9 Å². The van der Waals surface area contributed by atoms with E-state index < -0.39 is 11.8 Å². The number of pyridine rings is 1. The van der Waals surface area contributed by atoms with E-state index >= 15 is 0 Å². The fourth-order valence-electron chi connectivity index (χ4n) is 2.81. The smallest absolute Gasteiger partial charge is 0.338 e. The summed E-state index contributed by atoms with van der Waals surface area (Å²) in [6.45, 7) is 4.02. The lowest BCUT2D eigenvalue weighted by atomic mass is 10.2. The number of nitrogens with zero attached hydrogens (tertiary/aromatic N) is 2. The first kappa shape index (κ1) is 18.6. The van der Waals surface area contributed by atoms with Crippen LogP contribution in [0.25, 0.3) is 5.65 Å². The number of esters is 1. The van der Waals surface area contributed by atoms with E-state index in [0.717, 1.165) is 6.42 Å². The molecule has 0 saturated carbocycles. The van der Waals surface area contributed by atoms with Crippen LogP contribution in [0.3, 0.4) is 0 Å². The molecule has 0 spiro atoms. The maximum atomic E-state index is 13.7. The Bertz CT molecular complexity index is 980. The molecule has 3 rings (SSSR count). The van der Waals surface area contributed by atoms with E-state index in [1.807, 2.05) is 6.92 Å². The number of ether oxygens (including phenoxy) is 1. The van der Waals surface area contributed by atoms with Crippen LogP contribution in [0.4, 0.5) is 10.1 Å². The molecule has 0 radical (unpaired) electrons. The van der Waals surface area contributed by atoms with Crippen LogP contribution >= 0.6 is 0 Å². The minimum Gasteiger partial charge on any atom is -0.462 e. The summed E-state index contributed by atoms with van der Waals surface area (Å²) in [5.41, 5.74) is 2.35. The first-order valence-corrected chi connectivity index (χ1v) is 8.78. The quantitative estimate of drug-likeness (QED) is 0.670. The fraction of sp³-hybridized carbons (Fsp3) is 0.250. The molecule has 0 unspecified atom stereocenters. The molecular weight excluding hydrogens is 349 g/mol. The second kappa shape index (κ2) is 7.99. The van der Waals surface area contributed by atoms with E-state index in [4.69, 9.17) is 4.74 Å². The summed E-state index contributed by atoms with van der Waals surface area (Å²) in [4.78, 5) is 29.0. The Hall–Kier alpha value is -3.22. The molecule has 1 amide bonds. The molecule has 0 aliphatic heterocycles. The highest BCUT2D eigenvalue weighted by molar-refractivity contribution is 6.04. The van der Waals surface area contributed by atoms with E-state index in [0.29, 0.717) is 41.3 Å². The molecule has 2 aromatic heterocycles. The maximum Gasteiger partial charge on any atom is 0.338 e. The summed E-state index contributed by atoms with van der Waals surface area (Å²) in [5.74, 6) is -1.26. The van der Waals surface area contributed by atoms with Crippen LogP contribution < -0.4 is 5.32 Å². The maximum absolute atomic E-state index is 13.7. The van der Waals surface area contributed by atoms with Crippen molar-refractivity contribution in [3.05, 3.63) is 65.4 Å². The summed E-state index contributed by atoms with van der Waals surface area (Å²) in [6, 6.07) is 9.25. The number of benzene rings is 1. The molecule has 6 nitrogen and oxygen atoms in total. The van der Waals surface area contributed by atoms with Gasteiger partial charge in [-0.15, -0.1) is 0 Å². The molecular formula is C20H20FN3O3. The van der Waals surface area contributed by atoms with Crippen LogP contribution in [0.5, 0.6) is 0 Å². The average Bonchev–Trinajstić information content (AvgIpc) is 3.00. The van der Waals surface area contributed by atoms with Crippen molar-refractivity contribution >= 4 is 23.2 Å². The third-order valence-corrected chi connectivity index (χ3v) is 4.01. The number of carbonyl (C=O) groups is 2. The van der Waals surface area contributed by atoms with Gasteiger partial charge >= 0.3 is 5.97 Å². The molecule has 1 aromatic carbocycles. The minimum atomic E-state index is -0.448. The zero-order chi connectivity index (χ0) is 19.4. The number of aromatic nitrogens is 2. The predicted octanol–water partition coefficient (Wildman–Crippen LogP) is 3.85. The number of nitrogens with one attached hydrogen (secondary N) is 1. The third-order valence-electron chi connectivity index (χ3n) is 4.01. The zero-order valence-corrected chi connectivity index (χ0v) is 15.2. The Labute approximate surface area is 156 Å². The van der Waals surface area contributed by atoms with Crippen LogP contribution in [0, 0.1) is 5.82 Å². The SMILES string of the molecule is CCCc1nc2ccc(F)cn2c1C(=O)Nc1ccc(C(=O)OCC)cc1. The highest BCUT2D eigenvalue weighted by Gasteiger charge is 2.19. The van der Waals surface area contributed by atoms with Gasteiger partial charge in [-0.2, -0.15) is 0 Å². The Kier molecular flexibility index (Phi) is 5.49. The number of amides is 1. The molecule has 2 heterocycles. The standard InChI is InChI=1S/C20H20FN3O3/c1-3-5-16-18(24-12-14(21)8-11-17(24)23-16)19(25)22-15-9-6-13(7-10-15)20(26)27-4-2/h6-12H,3-5H2,1-2H3,(H,22,25). The summed E-state index contributed by atoms with van der Waals surface area (Å²) in [5, 5.41) is 2.78. The Balaban J connectivity index is 1.88. The lowest BCUT2D eigenvalue weighted by Crippen LogP contribution is -2.16. The number of hydrogen-bond acceptors (Lipinski definition) is 4. The predicted molar refractivity (Wildman–Crippen MR) is 99.5 cm³/mol. The summed E-state index contributed by atoms with van der Waals surface area (Å²) < 4.78 is 20.1. The van der Waals surface area contributed by atoms with Gasteiger partial charge in [-0.1, -0.05) is 13.3 Å². The number of aryl methyl sites for hydroxylation is 1. The first-order chi connectivity index (χ1) is 13.0. The lowest BCUT2D eigenvalue weighted by Gasteiger charge is -2.08. The molecule has 0 aliphatic carbocycles. The van der Waals surface area contributed by atoms with Crippen molar-refractivity contribution in [2.24, 2.45) is 0 Å². The van der Waals surface area contributed by atoms with Crippen LogP contribution in [0.15, 0.2) is 42.6 Å². The molecule has 3 aromatic rings. The van der Waals surface area contributed by atoms with E-state index in [9.17, 15) is 14.0 Å². The summed E-state index contributed by atoms with van der Waals surface area (Å²) >= 11 is 0. The van der Waals surface area contributed by atoms with Gasteiger partial charge in [-0.25, -0.2) is 14.2 Å². The van der Waals surface area contributed by atoms with E-state index in [1.165, 1.54) is 16.7 Å². The Morgan fingerprint density at radius 3 is 2.56 bits per heavy atom. The molecule has 7 heteroatoms. The second-order valence-electron chi connectivity index (χ2n) is 5.98. The van der Waals surface area contributed by atoms with Crippen LogP contribution in [0.1, 0.15) is 46.8 Å². The Morgan fingerprint density at radius 2 is 1.89 bits per heavy atom. The van der Waals surface area contributed by atoms with Crippen molar-refractivity contribution in [2.45, 2.75) is 26.7 Å². The largest absolute Gasteiger partial charge is 0.462 e. The van der Waals surface area contributed by atoms with Crippen molar-refractivity contribution < 1.29 is 18.7 Å². The zero-order valence-electron chi connectivity index (χ0n) is 15.2. The van der Waals surface area contributed by atoms with E-state index in [-0.39, 0.29) is 5.91 Å². The minimum absolute atomic E-state index is 0.294. The van der Waals surface area contributed by atoms with Gasteiger partial charge in [0.15, 0.2) is 0 Å². The molecule has 0 bridgehead atoms. The Morgan fingerprint density at radius 1 is 1.15 bits per heavy atom. The fourth-order valence-corrected chi connectivity index (χ4v) is 2.81. The normalized spacial score (nSPS) is 10.8. The van der Waals surface area contributed by atoms with Gasteiger partial charge in [0.2, 0.25) is 0 Å². The number of carbonyl (C=O) groups excluding carboxylic acids is 2. The van der Waals surface area contributed by atoms with E-state index in [2.05, 4.69) is 10.3 Å². The van der Waals surface area contributed by atoms with Crippen LogP contribution in [-0.4, -0.2) is 27.9 Å². The number of anilines is 1. The van der Waals surface area contributed by atoms with Crippen LogP contribution in [0.2, 0.25) is 0 Å². The molecule has 140 valence electrons. The van der Waals surface area contributed by atoms with Gasteiger partial charge in [-0.3, -0.25) is 9.20 Å². The molecule has 0 fully saturated rings. The average molecular weight is 369 g/mol. The van der Waals surface area contributed by atoms with Gasteiger partial charge in [0.05, 0.1) is 17.9 Å². The van der Waals surface area contributed by atoms with Crippen molar-refractivity contribution in [1.29, 1.82) is 0 Å². The second-order valence-corrected chi connectivity index (χ2v) is 5.98. The monoisotopic (exact) mass is 369 g/mol. The third kappa shape index (κ3) is 3.97. The molecule has 27 heavy (non-hydrogen) atoms. The van der Waals surface area contributed by atoms with Gasteiger partial charge < -0.3 is 10.1 Å².